The molecule has 24 heavy (non-hydrogen) atoms. The van der Waals surface area contributed by atoms with E-state index in [1.807, 2.05) is 24.3 Å². The van der Waals surface area contributed by atoms with Gasteiger partial charge >= 0.3 is 0 Å². The lowest BCUT2D eigenvalue weighted by Crippen LogP contribution is -2.24. The van der Waals surface area contributed by atoms with E-state index < -0.39 is 0 Å². The van der Waals surface area contributed by atoms with Gasteiger partial charge in [-0.25, -0.2) is 0 Å². The maximum absolute atomic E-state index is 4.62. The fourth-order valence-electron chi connectivity index (χ4n) is 4.35. The Hall–Kier alpha value is -1.42. The highest BCUT2D eigenvalue weighted by molar-refractivity contribution is 7.78. The summed E-state index contributed by atoms with van der Waals surface area (Å²) in [5.41, 5.74) is 1.92. The van der Waals surface area contributed by atoms with Crippen LogP contribution in [0.25, 0.3) is 0 Å². The molecule has 0 radical (unpaired) electrons. The predicted molar refractivity (Wildman–Crippen MR) is 105 cm³/mol. The number of benzene rings is 1. The van der Waals surface area contributed by atoms with Crippen molar-refractivity contribution in [2.24, 2.45) is 28.7 Å². The minimum Gasteiger partial charge on any atom is -0.195 e. The average molecular weight is 338 g/mol. The van der Waals surface area contributed by atoms with Crippen LogP contribution in [0.1, 0.15) is 63.9 Å². The predicted octanol–water partition coefficient (Wildman–Crippen LogP) is 6.41. The van der Waals surface area contributed by atoms with E-state index in [-0.39, 0.29) is 0 Å². The Labute approximate surface area is 152 Å². The van der Waals surface area contributed by atoms with Gasteiger partial charge in [0.15, 0.2) is 0 Å². The van der Waals surface area contributed by atoms with Gasteiger partial charge in [0.1, 0.15) is 0 Å². The first-order valence-corrected chi connectivity index (χ1v) is 9.85. The Bertz CT molecular complexity index is 629. The molecule has 3 rings (SSSR count). The summed E-state index contributed by atoms with van der Waals surface area (Å²) in [5.74, 6) is 10.4. The van der Waals surface area contributed by atoms with Crippen LogP contribution in [0, 0.1) is 35.5 Å². The molecule has 0 saturated heterocycles. The summed E-state index contributed by atoms with van der Waals surface area (Å²) in [7, 11) is 0. The van der Waals surface area contributed by atoms with Gasteiger partial charge in [0.2, 0.25) is 0 Å². The normalized spacial score (nSPS) is 29.9. The largest absolute Gasteiger partial charge is 0.195 e. The number of hydrogen-bond donors (Lipinski definition) is 0. The summed E-state index contributed by atoms with van der Waals surface area (Å²) >= 11 is 4.62. The molecule has 2 aliphatic carbocycles. The maximum atomic E-state index is 4.62. The third-order valence-electron chi connectivity index (χ3n) is 5.96. The van der Waals surface area contributed by atoms with Crippen LogP contribution in [-0.2, 0) is 0 Å². The van der Waals surface area contributed by atoms with Gasteiger partial charge in [0, 0.05) is 11.5 Å². The third-order valence-corrected chi connectivity index (χ3v) is 6.05. The highest BCUT2D eigenvalue weighted by atomic mass is 32.1. The molecule has 0 unspecified atom stereocenters. The van der Waals surface area contributed by atoms with Crippen molar-refractivity contribution in [2.45, 2.75) is 58.3 Å². The molecule has 2 saturated carbocycles. The van der Waals surface area contributed by atoms with E-state index >= 15 is 0 Å². The van der Waals surface area contributed by atoms with Crippen molar-refractivity contribution in [2.75, 3.05) is 0 Å². The number of rotatable bonds is 2. The van der Waals surface area contributed by atoms with Gasteiger partial charge in [-0.15, -0.1) is 0 Å². The van der Waals surface area contributed by atoms with Gasteiger partial charge in [-0.3, -0.25) is 0 Å². The van der Waals surface area contributed by atoms with Crippen LogP contribution in [-0.4, -0.2) is 5.16 Å². The lowest BCUT2D eigenvalue weighted by molar-refractivity contribution is 0.162. The molecule has 0 atom stereocenters. The zero-order valence-corrected chi connectivity index (χ0v) is 15.4. The van der Waals surface area contributed by atoms with Gasteiger partial charge in [-0.2, -0.15) is 4.99 Å². The molecular weight excluding hydrogens is 310 g/mol. The van der Waals surface area contributed by atoms with Crippen molar-refractivity contribution < 1.29 is 0 Å². The van der Waals surface area contributed by atoms with Crippen LogP contribution in [0.5, 0.6) is 0 Å². The number of nitrogens with zero attached hydrogens (tertiary/aromatic N) is 1. The second-order valence-corrected chi connectivity index (χ2v) is 7.83. The lowest BCUT2D eigenvalue weighted by atomic mass is 9.69. The summed E-state index contributed by atoms with van der Waals surface area (Å²) in [6, 6.07) is 7.94. The fourth-order valence-corrected chi connectivity index (χ4v) is 4.46. The fraction of sp³-hybridized carbons (Fsp3) is 0.591. The van der Waals surface area contributed by atoms with Crippen LogP contribution >= 0.6 is 12.2 Å². The zero-order valence-electron chi connectivity index (χ0n) is 14.6. The van der Waals surface area contributed by atoms with Gasteiger partial charge < -0.3 is 0 Å². The Morgan fingerprint density at radius 2 is 1.46 bits per heavy atom. The van der Waals surface area contributed by atoms with E-state index in [1.54, 1.807) is 0 Å². The van der Waals surface area contributed by atoms with Crippen molar-refractivity contribution in [3.8, 4) is 11.8 Å². The molecular formula is C22H27NS. The van der Waals surface area contributed by atoms with Crippen LogP contribution in [0.3, 0.4) is 0 Å². The Morgan fingerprint density at radius 1 is 0.875 bits per heavy atom. The van der Waals surface area contributed by atoms with Crippen LogP contribution in [0.15, 0.2) is 29.3 Å². The van der Waals surface area contributed by atoms with Gasteiger partial charge in [0.05, 0.1) is 10.8 Å². The first-order chi connectivity index (χ1) is 11.7. The Balaban J connectivity index is 1.49. The molecule has 0 aromatic heterocycles. The lowest BCUT2D eigenvalue weighted by Gasteiger charge is -2.36. The van der Waals surface area contributed by atoms with Crippen LogP contribution in [0.4, 0.5) is 5.69 Å². The second-order valence-electron chi connectivity index (χ2n) is 7.65. The van der Waals surface area contributed by atoms with Crippen LogP contribution in [0.2, 0.25) is 0 Å². The van der Waals surface area contributed by atoms with Crippen molar-refractivity contribution in [1.82, 2.24) is 0 Å². The topological polar surface area (TPSA) is 12.4 Å². The SMILES string of the molecule is CC1CCC(C2CCC(C#Cc3ccc(N=C=S)cc3)CC2)CC1. The minimum atomic E-state index is 0.586. The standard InChI is InChI=1S/C22H27NS/c1-17-2-10-20(11-3-17)21-12-6-18(7-13-21)4-5-19-8-14-22(15-9-19)23-16-24/h8-9,14-15,17-18,20-21H,2-3,6-7,10-13H2,1H3. The Kier molecular flexibility index (Phi) is 6.24. The third kappa shape index (κ3) is 4.79. The van der Waals surface area contributed by atoms with Crippen molar-refractivity contribution in [3.05, 3.63) is 29.8 Å². The molecule has 0 N–H and O–H groups in total. The van der Waals surface area contributed by atoms with E-state index in [9.17, 15) is 0 Å². The average Bonchev–Trinajstić information content (AvgIpc) is 2.63. The van der Waals surface area contributed by atoms with E-state index in [1.165, 1.54) is 51.4 Å². The zero-order chi connectivity index (χ0) is 16.8. The van der Waals surface area contributed by atoms with E-state index in [2.05, 4.69) is 41.1 Å². The quantitative estimate of drug-likeness (QED) is 0.345. The van der Waals surface area contributed by atoms with Crippen molar-refractivity contribution in [3.63, 3.8) is 0 Å². The Morgan fingerprint density at radius 3 is 2.04 bits per heavy atom. The molecule has 0 heterocycles. The molecule has 1 nitrogen and oxygen atoms in total. The van der Waals surface area contributed by atoms with Gasteiger partial charge in [-0.1, -0.05) is 31.6 Å². The summed E-state index contributed by atoms with van der Waals surface area (Å²) < 4.78 is 0. The second kappa shape index (κ2) is 8.61. The van der Waals surface area contributed by atoms with E-state index in [0.29, 0.717) is 5.92 Å². The molecule has 0 spiro atoms. The summed E-state index contributed by atoms with van der Waals surface area (Å²) in [5, 5.41) is 2.39. The monoisotopic (exact) mass is 337 g/mol. The van der Waals surface area contributed by atoms with E-state index in [4.69, 9.17) is 0 Å². The first-order valence-electron chi connectivity index (χ1n) is 9.44. The molecule has 2 fully saturated rings. The summed E-state index contributed by atoms with van der Waals surface area (Å²) in [6.07, 6.45) is 11.2. The molecule has 0 aliphatic heterocycles. The maximum Gasteiger partial charge on any atom is 0.0740 e. The molecule has 1 aromatic carbocycles. The number of hydrogen-bond acceptors (Lipinski definition) is 2. The highest BCUT2D eigenvalue weighted by Crippen LogP contribution is 2.41. The van der Waals surface area contributed by atoms with E-state index in [0.717, 1.165) is 29.0 Å². The van der Waals surface area contributed by atoms with Crippen molar-refractivity contribution >= 4 is 23.1 Å². The molecule has 2 heteroatoms. The number of thiocarbonyl (C=S) groups is 1. The van der Waals surface area contributed by atoms with Crippen LogP contribution < -0.4 is 0 Å². The first kappa shape index (κ1) is 17.4. The molecule has 1 aromatic rings. The molecule has 0 amide bonds. The minimum absolute atomic E-state index is 0.586. The number of aliphatic imine (C=N–C) groups is 1. The summed E-state index contributed by atoms with van der Waals surface area (Å²) in [4.78, 5) is 3.97. The molecule has 126 valence electrons. The smallest absolute Gasteiger partial charge is 0.0740 e. The highest BCUT2D eigenvalue weighted by Gasteiger charge is 2.29. The molecule has 0 bridgehead atoms. The summed E-state index contributed by atoms with van der Waals surface area (Å²) in [6.45, 7) is 2.41. The number of isothiocyanates is 1. The van der Waals surface area contributed by atoms with Crippen molar-refractivity contribution in [1.29, 1.82) is 0 Å². The van der Waals surface area contributed by atoms with Gasteiger partial charge in [0.25, 0.3) is 0 Å². The molecule has 2 aliphatic rings. The van der Waals surface area contributed by atoms with Gasteiger partial charge in [-0.05, 0) is 92.8 Å².